The van der Waals surface area contributed by atoms with Crippen molar-refractivity contribution in [3.8, 4) is 5.88 Å². The van der Waals surface area contributed by atoms with Crippen LogP contribution < -0.4 is 4.74 Å². The summed E-state index contributed by atoms with van der Waals surface area (Å²) < 4.78 is 11.2. The highest BCUT2D eigenvalue weighted by molar-refractivity contribution is 7.20. The Bertz CT molecular complexity index is 1120. The van der Waals surface area contributed by atoms with Gasteiger partial charge in [0.2, 0.25) is 5.88 Å². The van der Waals surface area contributed by atoms with Gasteiger partial charge in [0, 0.05) is 37.2 Å². The maximum Gasteiger partial charge on any atom is 0.264 e. The summed E-state index contributed by atoms with van der Waals surface area (Å²) in [6.07, 6.45) is 8.33. The van der Waals surface area contributed by atoms with Crippen LogP contribution in [0.15, 0.2) is 24.7 Å². The molecule has 8 heteroatoms. The normalized spacial score (nSPS) is 22.6. The predicted molar refractivity (Wildman–Crippen MR) is 119 cm³/mol. The standard InChI is InChI=1S/C23H26N4O3S/c1-13-19-20(15-9-16-4-5-17(10-15)30-16)25-12-26-22(19)31-21(13)23(28)27(2)11-14-6-7-24-18(8-14)29-3/h6-8,12,15-17H,4-5,9-11H2,1-3H3. The molecule has 3 aromatic rings. The molecule has 7 nitrogen and oxygen atoms in total. The number of rotatable bonds is 5. The summed E-state index contributed by atoms with van der Waals surface area (Å²) in [5, 5.41) is 1.06. The molecule has 5 rings (SSSR count). The molecule has 0 aromatic carbocycles. The summed E-state index contributed by atoms with van der Waals surface area (Å²) in [5.74, 6) is 0.908. The molecule has 0 spiro atoms. The number of pyridine rings is 1. The molecule has 2 aliphatic heterocycles. The van der Waals surface area contributed by atoms with Gasteiger partial charge in [0.15, 0.2) is 0 Å². The molecule has 0 N–H and O–H groups in total. The summed E-state index contributed by atoms with van der Waals surface area (Å²) in [6, 6.07) is 3.75. The average Bonchev–Trinajstić information content (AvgIpc) is 3.31. The minimum Gasteiger partial charge on any atom is -0.481 e. The number of nitrogens with zero attached hydrogens (tertiary/aromatic N) is 4. The van der Waals surface area contributed by atoms with Gasteiger partial charge in [-0.05, 0) is 49.8 Å². The Balaban J connectivity index is 1.43. The molecule has 0 saturated carbocycles. The first-order valence-corrected chi connectivity index (χ1v) is 11.5. The maximum absolute atomic E-state index is 13.3. The maximum atomic E-state index is 13.3. The Kier molecular flexibility index (Phi) is 5.35. The molecule has 31 heavy (non-hydrogen) atoms. The summed E-state index contributed by atoms with van der Waals surface area (Å²) in [7, 11) is 3.41. The lowest BCUT2D eigenvalue weighted by Crippen LogP contribution is -2.26. The Morgan fingerprint density at radius 3 is 2.77 bits per heavy atom. The summed E-state index contributed by atoms with van der Waals surface area (Å²) in [4.78, 5) is 30.0. The van der Waals surface area contributed by atoms with E-state index >= 15 is 0 Å². The number of hydrogen-bond donors (Lipinski definition) is 0. The Hall–Kier alpha value is -2.58. The van der Waals surface area contributed by atoms with E-state index in [0.29, 0.717) is 30.6 Å². The first-order valence-electron chi connectivity index (χ1n) is 10.7. The fourth-order valence-corrected chi connectivity index (χ4v) is 6.02. The van der Waals surface area contributed by atoms with Crippen LogP contribution in [0.2, 0.25) is 0 Å². The SMILES string of the molecule is COc1cc(CN(C)C(=O)c2sc3ncnc(C4CC5CCC(C4)O5)c3c2C)ccn1. The molecule has 5 heterocycles. The largest absolute Gasteiger partial charge is 0.481 e. The van der Waals surface area contributed by atoms with Crippen LogP contribution in [0.3, 0.4) is 0 Å². The number of amides is 1. The van der Waals surface area contributed by atoms with Crippen LogP contribution in [0.4, 0.5) is 0 Å². The van der Waals surface area contributed by atoms with E-state index in [1.165, 1.54) is 11.3 Å². The number of hydrogen-bond acceptors (Lipinski definition) is 7. The van der Waals surface area contributed by atoms with Crippen LogP contribution in [0.5, 0.6) is 5.88 Å². The van der Waals surface area contributed by atoms with Crippen molar-refractivity contribution in [2.45, 2.75) is 57.3 Å². The van der Waals surface area contributed by atoms with E-state index < -0.39 is 0 Å². The number of thiophene rings is 1. The van der Waals surface area contributed by atoms with Gasteiger partial charge in [0.25, 0.3) is 5.91 Å². The quantitative estimate of drug-likeness (QED) is 0.597. The van der Waals surface area contributed by atoms with Crippen molar-refractivity contribution in [2.75, 3.05) is 14.2 Å². The first-order chi connectivity index (χ1) is 15.0. The van der Waals surface area contributed by atoms with Crippen molar-refractivity contribution in [2.24, 2.45) is 0 Å². The van der Waals surface area contributed by atoms with Gasteiger partial charge in [0.05, 0.1) is 29.9 Å². The lowest BCUT2D eigenvalue weighted by Gasteiger charge is -2.28. The highest BCUT2D eigenvalue weighted by atomic mass is 32.1. The van der Waals surface area contributed by atoms with E-state index in [2.05, 4.69) is 15.0 Å². The molecule has 2 atom stereocenters. The van der Waals surface area contributed by atoms with Crippen LogP contribution in [0, 0.1) is 6.92 Å². The number of aromatic nitrogens is 3. The van der Waals surface area contributed by atoms with Gasteiger partial charge in [-0.1, -0.05) is 0 Å². The molecule has 0 aliphatic carbocycles. The second-order valence-electron chi connectivity index (χ2n) is 8.49. The minimum absolute atomic E-state index is 0.00530. The highest BCUT2D eigenvalue weighted by Crippen LogP contribution is 2.43. The van der Waals surface area contributed by atoms with Crippen LogP contribution in [0.1, 0.15) is 58.1 Å². The number of aryl methyl sites for hydroxylation is 1. The smallest absolute Gasteiger partial charge is 0.264 e. The Morgan fingerprint density at radius 2 is 2.03 bits per heavy atom. The summed E-state index contributed by atoms with van der Waals surface area (Å²) in [5.41, 5.74) is 3.04. The fraction of sp³-hybridized carbons (Fsp3) is 0.478. The molecule has 1 amide bonds. The van der Waals surface area contributed by atoms with Gasteiger partial charge in [-0.2, -0.15) is 0 Å². The van der Waals surface area contributed by atoms with Crippen molar-refractivity contribution in [1.82, 2.24) is 19.9 Å². The van der Waals surface area contributed by atoms with Crippen molar-refractivity contribution < 1.29 is 14.3 Å². The summed E-state index contributed by atoms with van der Waals surface area (Å²) >= 11 is 1.46. The predicted octanol–water partition coefficient (Wildman–Crippen LogP) is 4.10. The zero-order chi connectivity index (χ0) is 21.5. The van der Waals surface area contributed by atoms with Gasteiger partial charge in [-0.25, -0.2) is 15.0 Å². The second kappa shape index (κ2) is 8.16. The number of carbonyl (C=O) groups excluding carboxylic acids is 1. The molecule has 2 unspecified atom stereocenters. The third-order valence-corrected chi connectivity index (χ3v) is 7.59. The van der Waals surface area contributed by atoms with Crippen LogP contribution in [0.25, 0.3) is 10.2 Å². The van der Waals surface area contributed by atoms with E-state index in [1.807, 2.05) is 26.1 Å². The molecule has 2 aliphatic rings. The van der Waals surface area contributed by atoms with Crippen molar-refractivity contribution in [3.05, 3.63) is 46.4 Å². The number of ether oxygens (including phenoxy) is 2. The van der Waals surface area contributed by atoms with E-state index in [0.717, 1.165) is 57.6 Å². The Morgan fingerprint density at radius 1 is 1.26 bits per heavy atom. The second-order valence-corrected chi connectivity index (χ2v) is 9.49. The van der Waals surface area contributed by atoms with Crippen LogP contribution >= 0.6 is 11.3 Å². The monoisotopic (exact) mass is 438 g/mol. The van der Waals surface area contributed by atoms with Gasteiger partial charge >= 0.3 is 0 Å². The number of carbonyl (C=O) groups is 1. The zero-order valence-electron chi connectivity index (χ0n) is 18.0. The third-order valence-electron chi connectivity index (χ3n) is 6.40. The van der Waals surface area contributed by atoms with Gasteiger partial charge < -0.3 is 14.4 Å². The van der Waals surface area contributed by atoms with Crippen LogP contribution in [-0.4, -0.2) is 52.1 Å². The third kappa shape index (κ3) is 3.78. The molecule has 2 bridgehead atoms. The minimum atomic E-state index is -0.00530. The number of fused-ring (bicyclic) bond motifs is 3. The van der Waals surface area contributed by atoms with Gasteiger partial charge in [-0.3, -0.25) is 4.79 Å². The Labute approximate surface area is 185 Å². The molecular formula is C23H26N4O3S. The lowest BCUT2D eigenvalue weighted by atomic mass is 9.90. The van der Waals surface area contributed by atoms with Crippen molar-refractivity contribution >= 4 is 27.5 Å². The zero-order valence-corrected chi connectivity index (χ0v) is 18.8. The number of methoxy groups -OCH3 is 1. The van der Waals surface area contributed by atoms with E-state index in [-0.39, 0.29) is 5.91 Å². The molecule has 2 fully saturated rings. The van der Waals surface area contributed by atoms with E-state index in [4.69, 9.17) is 9.47 Å². The first kappa shape index (κ1) is 20.3. The molecule has 162 valence electrons. The van der Waals surface area contributed by atoms with Crippen molar-refractivity contribution in [1.29, 1.82) is 0 Å². The fourth-order valence-electron chi connectivity index (χ4n) is 4.87. The van der Waals surface area contributed by atoms with E-state index in [9.17, 15) is 4.79 Å². The molecule has 0 radical (unpaired) electrons. The van der Waals surface area contributed by atoms with Crippen molar-refractivity contribution in [3.63, 3.8) is 0 Å². The highest BCUT2D eigenvalue weighted by Gasteiger charge is 2.37. The average molecular weight is 439 g/mol. The topological polar surface area (TPSA) is 77.4 Å². The molecule has 2 saturated heterocycles. The van der Waals surface area contributed by atoms with Gasteiger partial charge in [-0.15, -0.1) is 11.3 Å². The van der Waals surface area contributed by atoms with Gasteiger partial charge in [0.1, 0.15) is 11.2 Å². The summed E-state index contributed by atoms with van der Waals surface area (Å²) in [6.45, 7) is 2.50. The lowest BCUT2D eigenvalue weighted by molar-refractivity contribution is -0.00419. The molecule has 3 aromatic heterocycles. The van der Waals surface area contributed by atoms with Crippen LogP contribution in [-0.2, 0) is 11.3 Å². The van der Waals surface area contributed by atoms with E-state index in [1.54, 1.807) is 24.5 Å². The molecular weight excluding hydrogens is 412 g/mol.